The van der Waals surface area contributed by atoms with E-state index in [1.807, 2.05) is 6.92 Å². The Morgan fingerprint density at radius 2 is 2.05 bits per heavy atom. The molecule has 1 fully saturated rings. The van der Waals surface area contributed by atoms with Gasteiger partial charge in [0.1, 0.15) is 5.82 Å². The van der Waals surface area contributed by atoms with Gasteiger partial charge in [-0.3, -0.25) is 0 Å². The van der Waals surface area contributed by atoms with Gasteiger partial charge < -0.3 is 5.11 Å². The first kappa shape index (κ1) is 14.4. The molecule has 1 aliphatic carbocycles. The van der Waals surface area contributed by atoms with Crippen LogP contribution < -0.4 is 4.72 Å². The fourth-order valence-electron chi connectivity index (χ4n) is 2.27. The quantitative estimate of drug-likeness (QED) is 0.888. The molecule has 0 unspecified atom stereocenters. The van der Waals surface area contributed by atoms with Gasteiger partial charge in [0.05, 0.1) is 11.5 Å². The lowest BCUT2D eigenvalue weighted by atomic mass is 9.80. The Hall–Kier alpha value is -0.980. The average Bonchev–Trinajstić information content (AvgIpc) is 2.29. The van der Waals surface area contributed by atoms with E-state index in [0.717, 1.165) is 19.3 Å². The number of benzene rings is 1. The normalized spacial score (nSPS) is 18.1. The molecular formula is C13H18FNO3S. The molecule has 1 saturated carbocycles. The van der Waals surface area contributed by atoms with Crippen LogP contribution in [0.3, 0.4) is 0 Å². The summed E-state index contributed by atoms with van der Waals surface area (Å²) in [6, 6.07) is 2.48. The highest BCUT2D eigenvalue weighted by molar-refractivity contribution is 7.89. The zero-order valence-electron chi connectivity index (χ0n) is 11.0. The van der Waals surface area contributed by atoms with Gasteiger partial charge in [-0.15, -0.1) is 0 Å². The molecule has 2 N–H and O–H groups in total. The van der Waals surface area contributed by atoms with Gasteiger partial charge in [-0.1, -0.05) is 0 Å². The summed E-state index contributed by atoms with van der Waals surface area (Å²) in [6.45, 7) is 2.82. The van der Waals surface area contributed by atoms with Crippen LogP contribution in [-0.4, -0.2) is 19.1 Å². The minimum atomic E-state index is -3.68. The molecule has 0 aliphatic heterocycles. The van der Waals surface area contributed by atoms with Gasteiger partial charge in [-0.25, -0.2) is 17.5 Å². The lowest BCUT2D eigenvalue weighted by Crippen LogP contribution is -2.50. The van der Waals surface area contributed by atoms with Gasteiger partial charge in [-0.05, 0) is 50.8 Å². The van der Waals surface area contributed by atoms with E-state index in [2.05, 4.69) is 4.72 Å². The first-order chi connectivity index (χ1) is 8.77. The molecule has 0 spiro atoms. The van der Waals surface area contributed by atoms with Gasteiger partial charge in [0.15, 0.2) is 0 Å². The number of aliphatic hydroxyl groups is 1. The smallest absolute Gasteiger partial charge is 0.241 e. The van der Waals surface area contributed by atoms with Crippen LogP contribution in [0, 0.1) is 12.7 Å². The Morgan fingerprint density at radius 1 is 1.42 bits per heavy atom. The Morgan fingerprint density at radius 3 is 2.53 bits per heavy atom. The Kier molecular flexibility index (Phi) is 3.68. The predicted octanol–water partition coefficient (Wildman–Crippen LogP) is 1.85. The predicted molar refractivity (Wildman–Crippen MR) is 69.6 cm³/mol. The van der Waals surface area contributed by atoms with E-state index in [9.17, 15) is 12.8 Å². The first-order valence-corrected chi connectivity index (χ1v) is 7.70. The largest absolute Gasteiger partial charge is 0.392 e. The van der Waals surface area contributed by atoms with Crippen molar-refractivity contribution >= 4 is 10.0 Å². The highest BCUT2D eigenvalue weighted by atomic mass is 32.2. The summed E-state index contributed by atoms with van der Waals surface area (Å²) in [5.74, 6) is -0.559. The molecule has 2 rings (SSSR count). The molecule has 0 atom stereocenters. The number of rotatable bonds is 4. The van der Waals surface area contributed by atoms with Crippen molar-refractivity contribution in [2.75, 3.05) is 0 Å². The number of aryl methyl sites for hydroxylation is 1. The standard InChI is InChI=1S/C13H18FNO3S/c1-9-6-11(7-10(8-16)12(9)14)19(17,18)15-13(2)4-3-5-13/h6-7,15-16H,3-5,8H2,1-2H3. The molecule has 106 valence electrons. The second-order valence-electron chi connectivity index (χ2n) is 5.39. The molecule has 0 aromatic heterocycles. The van der Waals surface area contributed by atoms with Crippen LogP contribution >= 0.6 is 0 Å². The van der Waals surface area contributed by atoms with E-state index in [4.69, 9.17) is 5.11 Å². The molecule has 1 aliphatic rings. The highest BCUT2D eigenvalue weighted by Crippen LogP contribution is 2.33. The fraction of sp³-hybridized carbons (Fsp3) is 0.538. The number of aliphatic hydroxyl groups excluding tert-OH is 1. The minimum Gasteiger partial charge on any atom is -0.392 e. The van der Waals surface area contributed by atoms with Crippen molar-refractivity contribution in [2.24, 2.45) is 0 Å². The lowest BCUT2D eigenvalue weighted by molar-refractivity contribution is 0.248. The molecule has 0 bridgehead atoms. The Labute approximate surface area is 112 Å². The van der Waals surface area contributed by atoms with Gasteiger partial charge in [0.2, 0.25) is 10.0 Å². The Bertz CT molecular complexity index is 594. The van der Waals surface area contributed by atoms with E-state index in [1.165, 1.54) is 19.1 Å². The van der Waals surface area contributed by atoms with Crippen LogP contribution in [0.2, 0.25) is 0 Å². The van der Waals surface area contributed by atoms with Gasteiger partial charge >= 0.3 is 0 Å². The molecular weight excluding hydrogens is 269 g/mol. The van der Waals surface area contributed by atoms with Crippen molar-refractivity contribution in [3.05, 3.63) is 29.1 Å². The molecule has 4 nitrogen and oxygen atoms in total. The monoisotopic (exact) mass is 287 g/mol. The van der Waals surface area contributed by atoms with Crippen LogP contribution in [-0.2, 0) is 16.6 Å². The third kappa shape index (κ3) is 2.80. The number of hydrogen-bond acceptors (Lipinski definition) is 3. The number of hydrogen-bond donors (Lipinski definition) is 2. The van der Waals surface area contributed by atoms with Gasteiger partial charge in [-0.2, -0.15) is 0 Å². The summed E-state index contributed by atoms with van der Waals surface area (Å²) in [7, 11) is -3.68. The zero-order valence-corrected chi connectivity index (χ0v) is 11.8. The van der Waals surface area contributed by atoms with E-state index in [-0.39, 0.29) is 16.0 Å². The molecule has 0 saturated heterocycles. The maximum Gasteiger partial charge on any atom is 0.241 e. The summed E-state index contributed by atoms with van der Waals surface area (Å²) in [4.78, 5) is 0.00331. The summed E-state index contributed by atoms with van der Waals surface area (Å²) in [5, 5.41) is 9.07. The van der Waals surface area contributed by atoms with Crippen molar-refractivity contribution in [1.82, 2.24) is 4.72 Å². The van der Waals surface area contributed by atoms with Crippen molar-refractivity contribution < 1.29 is 17.9 Å². The second kappa shape index (κ2) is 4.85. The molecule has 6 heteroatoms. The fourth-order valence-corrected chi connectivity index (χ4v) is 3.87. The average molecular weight is 287 g/mol. The van der Waals surface area contributed by atoms with Crippen LogP contribution in [0.1, 0.15) is 37.3 Å². The van der Waals surface area contributed by atoms with Gasteiger partial charge in [0, 0.05) is 11.1 Å². The van der Waals surface area contributed by atoms with Crippen LogP contribution in [0.4, 0.5) is 4.39 Å². The molecule has 1 aromatic carbocycles. The topological polar surface area (TPSA) is 66.4 Å². The zero-order chi connectivity index (χ0) is 14.3. The van der Waals surface area contributed by atoms with Crippen molar-refractivity contribution in [1.29, 1.82) is 0 Å². The lowest BCUT2D eigenvalue weighted by Gasteiger charge is -2.38. The minimum absolute atomic E-state index is 0.000799. The van der Waals surface area contributed by atoms with Crippen molar-refractivity contribution in [2.45, 2.75) is 50.2 Å². The molecule has 0 amide bonds. The van der Waals surface area contributed by atoms with E-state index in [0.29, 0.717) is 0 Å². The molecule has 0 radical (unpaired) electrons. The summed E-state index contributed by atoms with van der Waals surface area (Å²) in [5.41, 5.74) is -0.189. The van der Waals surface area contributed by atoms with Gasteiger partial charge in [0.25, 0.3) is 0 Å². The van der Waals surface area contributed by atoms with Crippen molar-refractivity contribution in [3.8, 4) is 0 Å². The number of nitrogens with one attached hydrogen (secondary N) is 1. The molecule has 1 aromatic rings. The summed E-state index contributed by atoms with van der Waals surface area (Å²) < 4.78 is 40.8. The van der Waals surface area contributed by atoms with Crippen LogP contribution in [0.5, 0.6) is 0 Å². The third-order valence-electron chi connectivity index (χ3n) is 3.62. The SMILES string of the molecule is Cc1cc(S(=O)(=O)NC2(C)CCC2)cc(CO)c1F. The maximum atomic E-state index is 13.6. The first-order valence-electron chi connectivity index (χ1n) is 6.21. The maximum absolute atomic E-state index is 13.6. The van der Waals surface area contributed by atoms with E-state index in [1.54, 1.807) is 0 Å². The van der Waals surface area contributed by atoms with E-state index >= 15 is 0 Å². The van der Waals surface area contributed by atoms with Crippen molar-refractivity contribution in [3.63, 3.8) is 0 Å². The van der Waals surface area contributed by atoms with Crippen LogP contribution in [0.15, 0.2) is 17.0 Å². The highest BCUT2D eigenvalue weighted by Gasteiger charge is 2.36. The number of sulfonamides is 1. The number of halogens is 1. The molecule has 0 heterocycles. The second-order valence-corrected chi connectivity index (χ2v) is 7.07. The van der Waals surface area contributed by atoms with Crippen LogP contribution in [0.25, 0.3) is 0 Å². The molecule has 19 heavy (non-hydrogen) atoms. The van der Waals surface area contributed by atoms with E-state index < -0.39 is 28.0 Å². The summed E-state index contributed by atoms with van der Waals surface area (Å²) in [6.07, 6.45) is 2.61. The summed E-state index contributed by atoms with van der Waals surface area (Å²) >= 11 is 0. The third-order valence-corrected chi connectivity index (χ3v) is 5.24. The Balaban J connectivity index is 2.37.